The zero-order valence-corrected chi connectivity index (χ0v) is 12.0. The lowest BCUT2D eigenvalue weighted by Gasteiger charge is -2.17. The molecule has 1 atom stereocenters. The van der Waals surface area contributed by atoms with E-state index in [1.54, 1.807) is 0 Å². The van der Waals surface area contributed by atoms with Crippen LogP contribution in [0.5, 0.6) is 0 Å². The van der Waals surface area contributed by atoms with E-state index in [4.69, 9.17) is 0 Å². The molecular formula is C14H18IN. The summed E-state index contributed by atoms with van der Waals surface area (Å²) < 4.78 is 1.28. The molecule has 16 heavy (non-hydrogen) atoms. The predicted molar refractivity (Wildman–Crippen MR) is 78.3 cm³/mol. The maximum absolute atomic E-state index is 3.51. The average Bonchev–Trinajstić information content (AvgIpc) is 2.29. The first-order chi connectivity index (χ1) is 7.77. The number of hydrogen-bond donors (Lipinski definition) is 1. The van der Waals surface area contributed by atoms with Crippen molar-refractivity contribution >= 4 is 22.6 Å². The van der Waals surface area contributed by atoms with Crippen LogP contribution in [0.4, 0.5) is 0 Å². The molecule has 0 aliphatic rings. The lowest BCUT2D eigenvalue weighted by Crippen LogP contribution is -2.20. The summed E-state index contributed by atoms with van der Waals surface area (Å²) in [7, 11) is 0. The van der Waals surface area contributed by atoms with Crippen molar-refractivity contribution < 1.29 is 0 Å². The van der Waals surface area contributed by atoms with Gasteiger partial charge in [0.2, 0.25) is 0 Å². The van der Waals surface area contributed by atoms with Gasteiger partial charge in [0, 0.05) is 16.0 Å². The first-order valence-electron chi connectivity index (χ1n) is 5.66. The van der Waals surface area contributed by atoms with Crippen LogP contribution in [0.25, 0.3) is 0 Å². The van der Waals surface area contributed by atoms with Crippen LogP contribution < -0.4 is 5.32 Å². The number of halogens is 1. The van der Waals surface area contributed by atoms with E-state index in [2.05, 4.69) is 70.9 Å². The smallest absolute Gasteiger partial charge is 0.0329 e. The molecule has 0 aliphatic carbocycles. The van der Waals surface area contributed by atoms with Gasteiger partial charge in [-0.2, -0.15) is 0 Å². The van der Waals surface area contributed by atoms with E-state index >= 15 is 0 Å². The Labute approximate surface area is 112 Å². The summed E-state index contributed by atoms with van der Waals surface area (Å²) in [5.41, 5.74) is 1.36. The molecule has 1 N–H and O–H groups in total. The average molecular weight is 327 g/mol. The Morgan fingerprint density at radius 2 is 2.00 bits per heavy atom. The Hall–Kier alpha value is -0.530. The molecule has 86 valence electrons. The molecule has 0 fully saturated rings. The summed E-state index contributed by atoms with van der Waals surface area (Å²) in [6, 6.07) is 9.16. The van der Waals surface area contributed by atoms with Crippen LogP contribution >= 0.6 is 22.6 Å². The van der Waals surface area contributed by atoms with Crippen molar-refractivity contribution in [1.29, 1.82) is 0 Å². The fourth-order valence-corrected chi connectivity index (χ4v) is 2.03. The van der Waals surface area contributed by atoms with Gasteiger partial charge in [0.1, 0.15) is 0 Å². The Kier molecular flexibility index (Phi) is 6.51. The largest absolute Gasteiger partial charge is 0.310 e. The highest BCUT2D eigenvalue weighted by Crippen LogP contribution is 2.19. The highest BCUT2D eigenvalue weighted by Gasteiger charge is 2.08. The molecule has 0 amide bonds. The van der Waals surface area contributed by atoms with Gasteiger partial charge in [0.15, 0.2) is 0 Å². The summed E-state index contributed by atoms with van der Waals surface area (Å²) in [6.07, 6.45) is 2.04. The van der Waals surface area contributed by atoms with Gasteiger partial charge in [0.05, 0.1) is 0 Å². The maximum atomic E-state index is 3.51. The van der Waals surface area contributed by atoms with Crippen LogP contribution in [0.2, 0.25) is 0 Å². The molecule has 0 aliphatic heterocycles. The van der Waals surface area contributed by atoms with Crippen molar-refractivity contribution in [2.24, 2.45) is 0 Å². The summed E-state index contributed by atoms with van der Waals surface area (Å²) in [5, 5.41) is 3.51. The van der Waals surface area contributed by atoms with Crippen LogP contribution in [-0.2, 0) is 0 Å². The minimum absolute atomic E-state index is 0.433. The third kappa shape index (κ3) is 4.54. The van der Waals surface area contributed by atoms with Gasteiger partial charge >= 0.3 is 0 Å². The van der Waals surface area contributed by atoms with Crippen LogP contribution in [0.3, 0.4) is 0 Å². The van der Waals surface area contributed by atoms with Gasteiger partial charge < -0.3 is 5.32 Å². The van der Waals surface area contributed by atoms with Gasteiger partial charge in [0.25, 0.3) is 0 Å². The zero-order chi connectivity index (χ0) is 11.8. The van der Waals surface area contributed by atoms with E-state index < -0.39 is 0 Å². The molecule has 1 rings (SSSR count). The Bertz CT molecular complexity index is 359. The molecule has 0 heterocycles. The Morgan fingerprint density at radius 3 is 2.56 bits per heavy atom. The van der Waals surface area contributed by atoms with E-state index in [9.17, 15) is 0 Å². The SMILES string of the molecule is CC#CCCC(NCC)c1ccc(I)cc1. The number of hydrogen-bond acceptors (Lipinski definition) is 1. The molecule has 0 saturated heterocycles. The number of benzene rings is 1. The van der Waals surface area contributed by atoms with E-state index in [1.165, 1.54) is 9.13 Å². The highest BCUT2D eigenvalue weighted by atomic mass is 127. The van der Waals surface area contributed by atoms with Crippen molar-refractivity contribution in [3.63, 3.8) is 0 Å². The quantitative estimate of drug-likeness (QED) is 0.642. The van der Waals surface area contributed by atoms with Crippen LogP contribution in [0.1, 0.15) is 38.3 Å². The predicted octanol–water partition coefficient (Wildman–Crippen LogP) is 3.75. The lowest BCUT2D eigenvalue weighted by atomic mass is 10.0. The van der Waals surface area contributed by atoms with Crippen LogP contribution in [-0.4, -0.2) is 6.54 Å². The van der Waals surface area contributed by atoms with Crippen molar-refractivity contribution in [2.75, 3.05) is 6.54 Å². The van der Waals surface area contributed by atoms with Crippen LogP contribution in [0, 0.1) is 15.4 Å². The third-order valence-electron chi connectivity index (χ3n) is 2.46. The van der Waals surface area contributed by atoms with E-state index in [1.807, 2.05) is 6.92 Å². The first kappa shape index (κ1) is 13.5. The fraction of sp³-hybridized carbons (Fsp3) is 0.429. The third-order valence-corrected chi connectivity index (χ3v) is 3.18. The van der Waals surface area contributed by atoms with Gasteiger partial charge in [-0.1, -0.05) is 19.1 Å². The fourth-order valence-electron chi connectivity index (χ4n) is 1.67. The zero-order valence-electron chi connectivity index (χ0n) is 9.89. The first-order valence-corrected chi connectivity index (χ1v) is 6.74. The van der Waals surface area contributed by atoms with E-state index in [0.717, 1.165) is 19.4 Å². The normalized spacial score (nSPS) is 11.7. The molecule has 2 heteroatoms. The van der Waals surface area contributed by atoms with Gasteiger partial charge in [-0.15, -0.1) is 11.8 Å². The monoisotopic (exact) mass is 327 g/mol. The molecular weight excluding hydrogens is 309 g/mol. The van der Waals surface area contributed by atoms with Gasteiger partial charge in [-0.25, -0.2) is 0 Å². The number of nitrogens with one attached hydrogen (secondary N) is 1. The minimum atomic E-state index is 0.433. The van der Waals surface area contributed by atoms with Gasteiger partial charge in [-0.3, -0.25) is 0 Å². The van der Waals surface area contributed by atoms with Crippen molar-refractivity contribution in [2.45, 2.75) is 32.7 Å². The molecule has 0 radical (unpaired) electrons. The summed E-state index contributed by atoms with van der Waals surface area (Å²) in [6.45, 7) is 5.04. The summed E-state index contributed by atoms with van der Waals surface area (Å²) in [4.78, 5) is 0. The molecule has 1 unspecified atom stereocenters. The molecule has 0 bridgehead atoms. The Balaban J connectivity index is 2.67. The second-order valence-corrected chi connectivity index (χ2v) is 4.87. The summed E-state index contributed by atoms with van der Waals surface area (Å²) in [5.74, 6) is 6.07. The molecule has 1 aromatic carbocycles. The molecule has 1 nitrogen and oxygen atoms in total. The van der Waals surface area contributed by atoms with E-state index in [0.29, 0.717) is 6.04 Å². The molecule has 0 aromatic heterocycles. The van der Waals surface area contributed by atoms with Gasteiger partial charge in [-0.05, 0) is 60.2 Å². The van der Waals surface area contributed by atoms with Crippen molar-refractivity contribution in [3.8, 4) is 11.8 Å². The highest BCUT2D eigenvalue weighted by molar-refractivity contribution is 14.1. The standard InChI is InChI=1S/C14H18IN/c1-3-5-6-7-14(16-4-2)12-8-10-13(15)11-9-12/h8-11,14,16H,4,6-7H2,1-2H3. The van der Waals surface area contributed by atoms with E-state index in [-0.39, 0.29) is 0 Å². The maximum Gasteiger partial charge on any atom is 0.0329 e. The summed E-state index contributed by atoms with van der Waals surface area (Å²) >= 11 is 2.33. The van der Waals surface area contributed by atoms with Crippen LogP contribution in [0.15, 0.2) is 24.3 Å². The molecule has 0 saturated carbocycles. The minimum Gasteiger partial charge on any atom is -0.310 e. The second kappa shape index (κ2) is 7.70. The number of rotatable bonds is 5. The molecule has 1 aromatic rings. The lowest BCUT2D eigenvalue weighted by molar-refractivity contribution is 0.522. The van der Waals surface area contributed by atoms with Crippen molar-refractivity contribution in [1.82, 2.24) is 5.32 Å². The molecule has 0 spiro atoms. The Morgan fingerprint density at radius 1 is 1.31 bits per heavy atom. The second-order valence-electron chi connectivity index (χ2n) is 3.63. The topological polar surface area (TPSA) is 12.0 Å². The van der Waals surface area contributed by atoms with Crippen molar-refractivity contribution in [3.05, 3.63) is 33.4 Å².